The molecule has 0 amide bonds. The molecule has 114 valence electrons. The molecular formula is C14H24ClN3S2. The largest absolute Gasteiger partial charge is 0.315 e. The summed E-state index contributed by atoms with van der Waals surface area (Å²) < 4.78 is 2.08. The Balaban J connectivity index is 2.15. The Bertz CT molecular complexity index is 430. The molecule has 1 aliphatic rings. The zero-order chi connectivity index (χ0) is 14.5. The molecule has 3 nitrogen and oxygen atoms in total. The predicted molar refractivity (Wildman–Crippen MR) is 92.4 cm³/mol. The van der Waals surface area contributed by atoms with E-state index in [1.807, 2.05) is 0 Å². The molecule has 6 heteroatoms. The standard InChI is InChI=1S/C14H24ClN3S2/c1-4-10-14(15)12(18(5-2)17-10)8-11(16-3)13-9-19-6-7-20-13/h11,13,16H,4-9H2,1-3H3. The number of aryl methyl sites for hydroxylation is 2. The molecule has 0 aromatic carbocycles. The number of aromatic nitrogens is 2. The van der Waals surface area contributed by atoms with Crippen molar-refractivity contribution in [2.24, 2.45) is 0 Å². The minimum absolute atomic E-state index is 0.469. The van der Waals surface area contributed by atoms with Crippen LogP contribution < -0.4 is 5.32 Å². The molecule has 1 fully saturated rings. The molecule has 2 rings (SSSR count). The number of hydrogen-bond acceptors (Lipinski definition) is 4. The smallest absolute Gasteiger partial charge is 0.0850 e. The topological polar surface area (TPSA) is 29.9 Å². The minimum atomic E-state index is 0.469. The van der Waals surface area contributed by atoms with Gasteiger partial charge in [0.25, 0.3) is 0 Å². The molecule has 2 heterocycles. The van der Waals surface area contributed by atoms with E-state index >= 15 is 0 Å². The summed E-state index contributed by atoms with van der Waals surface area (Å²) >= 11 is 10.7. The Morgan fingerprint density at radius 3 is 2.80 bits per heavy atom. The summed E-state index contributed by atoms with van der Waals surface area (Å²) in [4.78, 5) is 0. The number of likely N-dealkylation sites (N-methyl/N-ethyl adjacent to an activating group) is 1. The van der Waals surface area contributed by atoms with Crippen molar-refractivity contribution in [3.8, 4) is 0 Å². The van der Waals surface area contributed by atoms with E-state index in [0.717, 1.165) is 30.1 Å². The van der Waals surface area contributed by atoms with Gasteiger partial charge in [-0.05, 0) is 20.4 Å². The van der Waals surface area contributed by atoms with E-state index in [9.17, 15) is 0 Å². The maximum Gasteiger partial charge on any atom is 0.0850 e. The Labute approximate surface area is 135 Å². The van der Waals surface area contributed by atoms with Crippen molar-refractivity contribution in [1.82, 2.24) is 15.1 Å². The van der Waals surface area contributed by atoms with Crippen molar-refractivity contribution in [3.05, 3.63) is 16.4 Å². The van der Waals surface area contributed by atoms with Crippen LogP contribution >= 0.6 is 35.1 Å². The second-order valence-electron chi connectivity index (χ2n) is 4.96. The van der Waals surface area contributed by atoms with E-state index in [0.29, 0.717) is 11.3 Å². The van der Waals surface area contributed by atoms with E-state index in [4.69, 9.17) is 11.6 Å². The van der Waals surface area contributed by atoms with Gasteiger partial charge in [-0.3, -0.25) is 4.68 Å². The molecule has 1 aliphatic heterocycles. The second-order valence-corrected chi connectivity index (χ2v) is 7.84. The fourth-order valence-corrected chi connectivity index (χ4v) is 5.85. The van der Waals surface area contributed by atoms with Gasteiger partial charge in [0.1, 0.15) is 0 Å². The molecule has 0 saturated carbocycles. The number of nitrogens with one attached hydrogen (secondary N) is 1. The summed E-state index contributed by atoms with van der Waals surface area (Å²) in [7, 11) is 2.06. The second kappa shape index (κ2) is 7.97. The fourth-order valence-electron chi connectivity index (χ4n) is 2.58. The lowest BCUT2D eigenvalue weighted by Gasteiger charge is -2.29. The summed E-state index contributed by atoms with van der Waals surface area (Å²) in [6.07, 6.45) is 1.87. The molecule has 1 aromatic rings. The molecule has 0 aliphatic carbocycles. The summed E-state index contributed by atoms with van der Waals surface area (Å²) in [5.74, 6) is 3.77. The monoisotopic (exact) mass is 333 g/mol. The highest BCUT2D eigenvalue weighted by atomic mass is 35.5. The van der Waals surface area contributed by atoms with E-state index < -0.39 is 0 Å². The van der Waals surface area contributed by atoms with Crippen molar-refractivity contribution in [2.75, 3.05) is 24.3 Å². The van der Waals surface area contributed by atoms with Crippen molar-refractivity contribution in [1.29, 1.82) is 0 Å². The van der Waals surface area contributed by atoms with Crippen molar-refractivity contribution >= 4 is 35.1 Å². The van der Waals surface area contributed by atoms with E-state index in [1.54, 1.807) is 0 Å². The van der Waals surface area contributed by atoms with Gasteiger partial charge in [-0.25, -0.2) is 0 Å². The quantitative estimate of drug-likeness (QED) is 0.866. The summed E-state index contributed by atoms with van der Waals surface area (Å²) in [5, 5.41) is 9.66. The van der Waals surface area contributed by atoms with Gasteiger partial charge in [0.2, 0.25) is 0 Å². The molecule has 2 atom stereocenters. The first-order valence-electron chi connectivity index (χ1n) is 7.31. The Morgan fingerprint density at radius 1 is 1.45 bits per heavy atom. The first-order valence-corrected chi connectivity index (χ1v) is 9.90. The van der Waals surface area contributed by atoms with Gasteiger partial charge in [-0.15, -0.1) is 0 Å². The molecule has 0 spiro atoms. The number of hydrogen-bond donors (Lipinski definition) is 1. The highest BCUT2D eigenvalue weighted by Gasteiger charge is 2.26. The first-order chi connectivity index (χ1) is 9.71. The van der Waals surface area contributed by atoms with Crippen molar-refractivity contribution in [3.63, 3.8) is 0 Å². The molecule has 1 N–H and O–H groups in total. The average molecular weight is 334 g/mol. The van der Waals surface area contributed by atoms with Crippen LogP contribution in [0.2, 0.25) is 5.02 Å². The zero-order valence-corrected chi connectivity index (χ0v) is 14.9. The number of thioether (sulfide) groups is 2. The normalized spacial score (nSPS) is 21.1. The number of rotatable bonds is 6. The molecule has 0 radical (unpaired) electrons. The highest BCUT2D eigenvalue weighted by molar-refractivity contribution is 8.06. The van der Waals surface area contributed by atoms with Crippen molar-refractivity contribution in [2.45, 2.75) is 44.5 Å². The van der Waals surface area contributed by atoms with Crippen LogP contribution in [-0.4, -0.2) is 45.4 Å². The van der Waals surface area contributed by atoms with Gasteiger partial charge in [0, 0.05) is 41.5 Å². The van der Waals surface area contributed by atoms with Gasteiger partial charge < -0.3 is 5.32 Å². The molecule has 0 bridgehead atoms. The van der Waals surface area contributed by atoms with Crippen molar-refractivity contribution < 1.29 is 0 Å². The predicted octanol–water partition coefficient (Wildman–Crippen LogP) is 3.10. The lowest BCUT2D eigenvalue weighted by Crippen LogP contribution is -2.41. The highest BCUT2D eigenvalue weighted by Crippen LogP contribution is 2.30. The first kappa shape index (κ1) is 16.5. The van der Waals surface area contributed by atoms with Gasteiger partial charge >= 0.3 is 0 Å². The Hall–Kier alpha value is 0.160. The zero-order valence-electron chi connectivity index (χ0n) is 12.5. The lowest BCUT2D eigenvalue weighted by molar-refractivity contribution is 0.520. The van der Waals surface area contributed by atoms with Crippen LogP contribution in [0.25, 0.3) is 0 Å². The van der Waals surface area contributed by atoms with E-state index in [1.165, 1.54) is 23.0 Å². The maximum atomic E-state index is 6.53. The molecule has 20 heavy (non-hydrogen) atoms. The molecule has 1 aromatic heterocycles. The van der Waals surface area contributed by atoms with Gasteiger partial charge in [-0.2, -0.15) is 28.6 Å². The van der Waals surface area contributed by atoms with Crippen LogP contribution in [0, 0.1) is 0 Å². The third kappa shape index (κ3) is 3.67. The molecule has 2 unspecified atom stereocenters. The average Bonchev–Trinajstić information content (AvgIpc) is 2.81. The van der Waals surface area contributed by atoms with E-state index in [-0.39, 0.29) is 0 Å². The van der Waals surface area contributed by atoms with Gasteiger partial charge in [0.05, 0.1) is 16.4 Å². The van der Waals surface area contributed by atoms with Crippen LogP contribution in [0.15, 0.2) is 0 Å². The fraction of sp³-hybridized carbons (Fsp3) is 0.786. The van der Waals surface area contributed by atoms with Crippen LogP contribution in [-0.2, 0) is 19.4 Å². The molecule has 1 saturated heterocycles. The third-order valence-corrected chi connectivity index (χ3v) is 7.13. The Kier molecular flexibility index (Phi) is 6.59. The van der Waals surface area contributed by atoms with Gasteiger partial charge in [0.15, 0.2) is 0 Å². The van der Waals surface area contributed by atoms with Crippen LogP contribution in [0.5, 0.6) is 0 Å². The maximum absolute atomic E-state index is 6.53. The van der Waals surface area contributed by atoms with Crippen LogP contribution in [0.1, 0.15) is 25.2 Å². The van der Waals surface area contributed by atoms with Crippen LogP contribution in [0.4, 0.5) is 0 Å². The third-order valence-electron chi connectivity index (χ3n) is 3.77. The summed E-state index contributed by atoms with van der Waals surface area (Å²) in [6, 6.07) is 0.469. The van der Waals surface area contributed by atoms with E-state index in [2.05, 4.69) is 59.5 Å². The SMILES string of the molecule is CCc1nn(CC)c(CC(NC)C2CSCCS2)c1Cl. The minimum Gasteiger partial charge on any atom is -0.315 e. The lowest BCUT2D eigenvalue weighted by atomic mass is 10.1. The molecular weight excluding hydrogens is 310 g/mol. The number of nitrogens with zero attached hydrogens (tertiary/aromatic N) is 2. The Morgan fingerprint density at radius 2 is 2.25 bits per heavy atom. The van der Waals surface area contributed by atoms with Gasteiger partial charge in [-0.1, -0.05) is 18.5 Å². The number of halogens is 1. The summed E-state index contributed by atoms with van der Waals surface area (Å²) in [6.45, 7) is 5.13. The van der Waals surface area contributed by atoms with Crippen LogP contribution in [0.3, 0.4) is 0 Å². The summed E-state index contributed by atoms with van der Waals surface area (Å²) in [5.41, 5.74) is 2.23.